The van der Waals surface area contributed by atoms with E-state index in [9.17, 15) is 4.79 Å². The monoisotopic (exact) mass is 427 g/mol. The van der Waals surface area contributed by atoms with Crippen molar-refractivity contribution in [3.05, 3.63) is 88.1 Å². The molecule has 5 rings (SSSR count). The fourth-order valence-corrected chi connectivity index (χ4v) is 4.85. The van der Waals surface area contributed by atoms with Gasteiger partial charge >= 0.3 is 0 Å². The number of amides is 1. The molecule has 1 saturated heterocycles. The molecule has 0 unspecified atom stereocenters. The number of aryl methyl sites for hydroxylation is 1. The van der Waals surface area contributed by atoms with E-state index < -0.39 is 0 Å². The van der Waals surface area contributed by atoms with E-state index in [2.05, 4.69) is 59.7 Å². The number of thiophene rings is 1. The molecule has 5 heteroatoms. The van der Waals surface area contributed by atoms with Gasteiger partial charge in [0.15, 0.2) is 0 Å². The minimum atomic E-state index is 0.105. The number of fused-ring (bicyclic) bond motifs is 1. The van der Waals surface area contributed by atoms with Crippen molar-refractivity contribution in [1.29, 1.82) is 0 Å². The number of hydrogen-bond acceptors (Lipinski definition) is 4. The summed E-state index contributed by atoms with van der Waals surface area (Å²) >= 11 is 1.64. The van der Waals surface area contributed by atoms with Gasteiger partial charge in [0, 0.05) is 49.1 Å². The molecule has 4 aromatic rings. The Morgan fingerprint density at radius 2 is 1.81 bits per heavy atom. The van der Waals surface area contributed by atoms with E-state index in [1.54, 1.807) is 11.3 Å². The van der Waals surface area contributed by atoms with Gasteiger partial charge in [-0.15, -0.1) is 0 Å². The van der Waals surface area contributed by atoms with Gasteiger partial charge < -0.3 is 4.90 Å². The molecule has 1 fully saturated rings. The van der Waals surface area contributed by atoms with Crippen LogP contribution in [0.15, 0.2) is 71.4 Å². The van der Waals surface area contributed by atoms with Crippen LogP contribution in [-0.4, -0.2) is 46.9 Å². The van der Waals surface area contributed by atoms with Crippen LogP contribution in [0.25, 0.3) is 22.2 Å². The summed E-state index contributed by atoms with van der Waals surface area (Å²) in [7, 11) is 0. The molecule has 0 atom stereocenters. The first-order chi connectivity index (χ1) is 15.2. The van der Waals surface area contributed by atoms with Crippen LogP contribution in [0.1, 0.15) is 21.5 Å². The quantitative estimate of drug-likeness (QED) is 0.447. The maximum atomic E-state index is 13.6. The SMILES string of the molecule is Cc1ccc2nc(-c3ccsc3)cc(C(=O)N3CCN(Cc4ccccc4)CC3)c2c1. The van der Waals surface area contributed by atoms with Crippen molar-refractivity contribution in [1.82, 2.24) is 14.8 Å². The van der Waals surface area contributed by atoms with Crippen molar-refractivity contribution >= 4 is 28.1 Å². The van der Waals surface area contributed by atoms with E-state index in [0.717, 1.165) is 66.0 Å². The summed E-state index contributed by atoms with van der Waals surface area (Å²) in [6, 6.07) is 20.7. The first kappa shape index (κ1) is 19.9. The zero-order valence-electron chi connectivity index (χ0n) is 17.6. The molecule has 4 nitrogen and oxygen atoms in total. The molecule has 2 aromatic heterocycles. The van der Waals surface area contributed by atoms with Crippen LogP contribution < -0.4 is 0 Å². The molecular weight excluding hydrogens is 402 g/mol. The van der Waals surface area contributed by atoms with E-state index >= 15 is 0 Å². The standard InChI is InChI=1S/C26H25N3OS/c1-19-7-8-24-22(15-19)23(16-25(27-24)21-9-14-31-18-21)26(30)29-12-10-28(11-13-29)17-20-5-3-2-4-6-20/h2-9,14-16,18H,10-13,17H2,1H3. The van der Waals surface area contributed by atoms with Crippen LogP contribution >= 0.6 is 11.3 Å². The number of carbonyl (C=O) groups excluding carboxylic acids is 1. The molecule has 156 valence electrons. The third-order valence-electron chi connectivity index (χ3n) is 5.92. The lowest BCUT2D eigenvalue weighted by molar-refractivity contribution is 0.0630. The zero-order chi connectivity index (χ0) is 21.2. The lowest BCUT2D eigenvalue weighted by Gasteiger charge is -2.35. The van der Waals surface area contributed by atoms with E-state index in [0.29, 0.717) is 0 Å². The lowest BCUT2D eigenvalue weighted by Crippen LogP contribution is -2.48. The van der Waals surface area contributed by atoms with E-state index in [1.165, 1.54) is 5.56 Å². The molecule has 2 aromatic carbocycles. The van der Waals surface area contributed by atoms with Crippen molar-refractivity contribution in [2.45, 2.75) is 13.5 Å². The Labute approximate surface area is 186 Å². The van der Waals surface area contributed by atoms with Gasteiger partial charge in [-0.2, -0.15) is 11.3 Å². The number of hydrogen-bond donors (Lipinski definition) is 0. The topological polar surface area (TPSA) is 36.4 Å². The first-order valence-electron chi connectivity index (χ1n) is 10.7. The molecule has 3 heterocycles. The normalized spacial score (nSPS) is 14.8. The predicted molar refractivity (Wildman–Crippen MR) is 127 cm³/mol. The van der Waals surface area contributed by atoms with Crippen LogP contribution in [0.5, 0.6) is 0 Å². The average molecular weight is 428 g/mol. The Morgan fingerprint density at radius 3 is 2.55 bits per heavy atom. The minimum Gasteiger partial charge on any atom is -0.336 e. The second-order valence-electron chi connectivity index (χ2n) is 8.14. The number of benzene rings is 2. The fraction of sp³-hybridized carbons (Fsp3) is 0.231. The highest BCUT2D eigenvalue weighted by Gasteiger charge is 2.24. The average Bonchev–Trinajstić information content (AvgIpc) is 3.34. The summed E-state index contributed by atoms with van der Waals surface area (Å²) in [5, 5.41) is 5.07. The molecule has 0 radical (unpaired) electrons. The number of carbonyl (C=O) groups is 1. The van der Waals surface area contributed by atoms with Crippen molar-refractivity contribution in [2.24, 2.45) is 0 Å². The Bertz CT molecular complexity index is 1200. The lowest BCUT2D eigenvalue weighted by atomic mass is 10.0. The van der Waals surface area contributed by atoms with Gasteiger partial charge in [-0.3, -0.25) is 9.69 Å². The second-order valence-corrected chi connectivity index (χ2v) is 8.92. The van der Waals surface area contributed by atoms with Crippen LogP contribution in [0, 0.1) is 6.92 Å². The highest BCUT2D eigenvalue weighted by molar-refractivity contribution is 7.08. The molecule has 1 amide bonds. The van der Waals surface area contributed by atoms with E-state index in [-0.39, 0.29) is 5.91 Å². The van der Waals surface area contributed by atoms with Crippen molar-refractivity contribution in [2.75, 3.05) is 26.2 Å². The fourth-order valence-electron chi connectivity index (χ4n) is 4.20. The number of pyridine rings is 1. The molecule has 0 saturated carbocycles. The molecule has 0 spiro atoms. The predicted octanol–water partition coefficient (Wildman–Crippen LogP) is 5.23. The van der Waals surface area contributed by atoms with Gasteiger partial charge in [-0.1, -0.05) is 42.0 Å². The third kappa shape index (κ3) is 4.24. The van der Waals surface area contributed by atoms with Gasteiger partial charge in [-0.25, -0.2) is 4.98 Å². The Morgan fingerprint density at radius 1 is 1.00 bits per heavy atom. The van der Waals surface area contributed by atoms with E-state index in [4.69, 9.17) is 4.98 Å². The minimum absolute atomic E-state index is 0.105. The van der Waals surface area contributed by atoms with Gasteiger partial charge in [0.25, 0.3) is 5.91 Å². The highest BCUT2D eigenvalue weighted by atomic mass is 32.1. The van der Waals surface area contributed by atoms with Crippen molar-refractivity contribution in [3.8, 4) is 11.3 Å². The highest BCUT2D eigenvalue weighted by Crippen LogP contribution is 2.28. The molecule has 1 aliphatic heterocycles. The Kier molecular flexibility index (Phi) is 5.53. The Hall–Kier alpha value is -3.02. The summed E-state index contributed by atoms with van der Waals surface area (Å²) in [5.41, 5.74) is 6.02. The number of rotatable bonds is 4. The van der Waals surface area contributed by atoms with Gasteiger partial charge in [0.05, 0.1) is 16.8 Å². The van der Waals surface area contributed by atoms with Gasteiger partial charge in [-0.05, 0) is 42.1 Å². The summed E-state index contributed by atoms with van der Waals surface area (Å²) in [5.74, 6) is 0.105. The zero-order valence-corrected chi connectivity index (χ0v) is 18.4. The molecule has 31 heavy (non-hydrogen) atoms. The molecular formula is C26H25N3OS. The van der Waals surface area contributed by atoms with Gasteiger partial charge in [0.2, 0.25) is 0 Å². The molecule has 0 bridgehead atoms. The number of aromatic nitrogens is 1. The number of piperazine rings is 1. The number of nitrogens with zero attached hydrogens (tertiary/aromatic N) is 3. The van der Waals surface area contributed by atoms with Gasteiger partial charge in [0.1, 0.15) is 0 Å². The largest absolute Gasteiger partial charge is 0.336 e. The smallest absolute Gasteiger partial charge is 0.254 e. The molecule has 0 aliphatic carbocycles. The van der Waals surface area contributed by atoms with Crippen molar-refractivity contribution in [3.63, 3.8) is 0 Å². The van der Waals surface area contributed by atoms with E-state index in [1.807, 2.05) is 28.5 Å². The maximum absolute atomic E-state index is 13.6. The second kappa shape index (κ2) is 8.61. The first-order valence-corrected chi connectivity index (χ1v) is 11.6. The van der Waals surface area contributed by atoms with Crippen molar-refractivity contribution < 1.29 is 4.79 Å². The summed E-state index contributed by atoms with van der Waals surface area (Å²) in [6.07, 6.45) is 0. The van der Waals surface area contributed by atoms with Crippen LogP contribution in [0.4, 0.5) is 0 Å². The summed E-state index contributed by atoms with van der Waals surface area (Å²) in [4.78, 5) is 22.8. The summed E-state index contributed by atoms with van der Waals surface area (Å²) < 4.78 is 0. The van der Waals surface area contributed by atoms with Crippen LogP contribution in [-0.2, 0) is 6.54 Å². The third-order valence-corrected chi connectivity index (χ3v) is 6.60. The van der Waals surface area contributed by atoms with Crippen LogP contribution in [0.3, 0.4) is 0 Å². The molecule has 1 aliphatic rings. The Balaban J connectivity index is 1.40. The maximum Gasteiger partial charge on any atom is 0.254 e. The molecule has 0 N–H and O–H groups in total. The summed E-state index contributed by atoms with van der Waals surface area (Å²) in [6.45, 7) is 6.26. The van der Waals surface area contributed by atoms with Crippen LogP contribution in [0.2, 0.25) is 0 Å².